The van der Waals surface area contributed by atoms with Gasteiger partial charge >= 0.3 is 0 Å². The number of fused-ring (bicyclic) bond motifs is 1. The van der Waals surface area contributed by atoms with E-state index in [-0.39, 0.29) is 11.3 Å². The Morgan fingerprint density at radius 1 is 1.08 bits per heavy atom. The summed E-state index contributed by atoms with van der Waals surface area (Å²) in [7, 11) is 0. The first-order valence-corrected chi connectivity index (χ1v) is 8.89. The van der Waals surface area contributed by atoms with Crippen LogP contribution in [-0.4, -0.2) is 17.1 Å². The Morgan fingerprint density at radius 2 is 1.84 bits per heavy atom. The molecule has 3 aromatic carbocycles. The molecular formula is C19H16N2O3S. The smallest absolute Gasteiger partial charge is 0.282 e. The number of nitrogens with zero attached hydrogens (tertiary/aromatic N) is 1. The minimum absolute atomic E-state index is 0.0811. The standard InChI is InChI=1S/C19H16N2O3S/c1-25-16-8-9-18(21(23)24)17(11-16)19(22)20-12-13-6-7-14-4-2-3-5-15(14)10-13/h2-11H,12H2,1H3,(H,20,22). The first kappa shape index (κ1) is 17.0. The number of benzene rings is 3. The van der Waals surface area contributed by atoms with Gasteiger partial charge in [0.1, 0.15) is 5.56 Å². The van der Waals surface area contributed by atoms with Gasteiger partial charge in [-0.15, -0.1) is 11.8 Å². The van der Waals surface area contributed by atoms with Crippen LogP contribution < -0.4 is 5.32 Å². The van der Waals surface area contributed by atoms with Crippen LogP contribution in [0.15, 0.2) is 65.6 Å². The summed E-state index contributed by atoms with van der Waals surface area (Å²) in [5, 5.41) is 16.2. The van der Waals surface area contributed by atoms with Gasteiger partial charge in [0.25, 0.3) is 11.6 Å². The normalized spacial score (nSPS) is 10.6. The van der Waals surface area contributed by atoms with Gasteiger partial charge in [-0.1, -0.05) is 36.4 Å². The third kappa shape index (κ3) is 3.80. The van der Waals surface area contributed by atoms with Crippen molar-refractivity contribution in [2.24, 2.45) is 0 Å². The van der Waals surface area contributed by atoms with Gasteiger partial charge in [0.2, 0.25) is 0 Å². The number of hydrogen-bond acceptors (Lipinski definition) is 4. The molecule has 3 rings (SSSR count). The monoisotopic (exact) mass is 352 g/mol. The van der Waals surface area contributed by atoms with E-state index in [9.17, 15) is 14.9 Å². The number of hydrogen-bond donors (Lipinski definition) is 1. The Kier molecular flexibility index (Phi) is 5.00. The Balaban J connectivity index is 1.80. The highest BCUT2D eigenvalue weighted by molar-refractivity contribution is 7.98. The number of thioether (sulfide) groups is 1. The molecule has 1 N–H and O–H groups in total. The van der Waals surface area contributed by atoms with E-state index in [0.29, 0.717) is 6.54 Å². The Hall–Kier alpha value is -2.86. The number of carbonyl (C=O) groups excluding carboxylic acids is 1. The van der Waals surface area contributed by atoms with E-state index in [0.717, 1.165) is 21.2 Å². The van der Waals surface area contributed by atoms with Gasteiger partial charge in [0.15, 0.2) is 0 Å². The van der Waals surface area contributed by atoms with Crippen LogP contribution in [0.3, 0.4) is 0 Å². The fourth-order valence-corrected chi connectivity index (χ4v) is 3.05. The second kappa shape index (κ2) is 7.36. The molecule has 0 saturated heterocycles. The predicted octanol–water partition coefficient (Wildman–Crippen LogP) is 4.40. The molecular weight excluding hydrogens is 336 g/mol. The average Bonchev–Trinajstić information content (AvgIpc) is 2.65. The van der Waals surface area contributed by atoms with Gasteiger partial charge in [-0.25, -0.2) is 0 Å². The number of carbonyl (C=O) groups is 1. The van der Waals surface area contributed by atoms with Crippen molar-refractivity contribution in [3.05, 3.63) is 81.9 Å². The summed E-state index contributed by atoms with van der Waals surface area (Å²) < 4.78 is 0. The highest BCUT2D eigenvalue weighted by Gasteiger charge is 2.20. The highest BCUT2D eigenvalue weighted by Crippen LogP contribution is 2.25. The van der Waals surface area contributed by atoms with Crippen molar-refractivity contribution in [3.63, 3.8) is 0 Å². The van der Waals surface area contributed by atoms with Crippen LogP contribution in [-0.2, 0) is 6.54 Å². The van der Waals surface area contributed by atoms with Crippen LogP contribution in [0.1, 0.15) is 15.9 Å². The largest absolute Gasteiger partial charge is 0.348 e. The highest BCUT2D eigenvalue weighted by atomic mass is 32.2. The van der Waals surface area contributed by atoms with Gasteiger partial charge < -0.3 is 5.32 Å². The molecule has 0 spiro atoms. The first-order chi connectivity index (χ1) is 12.1. The fraction of sp³-hybridized carbons (Fsp3) is 0.105. The van der Waals surface area contributed by atoms with Crippen LogP contribution >= 0.6 is 11.8 Å². The van der Waals surface area contributed by atoms with E-state index < -0.39 is 10.8 Å². The molecule has 0 aromatic heterocycles. The van der Waals surface area contributed by atoms with E-state index in [1.54, 1.807) is 12.1 Å². The lowest BCUT2D eigenvalue weighted by molar-refractivity contribution is -0.385. The second-order valence-corrected chi connectivity index (χ2v) is 6.38. The summed E-state index contributed by atoms with van der Waals surface area (Å²) in [4.78, 5) is 23.9. The molecule has 0 fully saturated rings. The molecule has 126 valence electrons. The number of nitro groups is 1. The molecule has 0 bridgehead atoms. The summed E-state index contributed by atoms with van der Waals surface area (Å²) in [6.45, 7) is 0.310. The van der Waals surface area contributed by atoms with Gasteiger partial charge in [-0.05, 0) is 40.8 Å². The number of amides is 1. The third-order valence-electron chi connectivity index (χ3n) is 3.91. The molecule has 0 aliphatic carbocycles. The van der Waals surface area contributed by atoms with Crippen LogP contribution in [0.4, 0.5) is 5.69 Å². The molecule has 3 aromatic rings. The second-order valence-electron chi connectivity index (χ2n) is 5.50. The number of rotatable bonds is 5. The maximum absolute atomic E-state index is 12.5. The van der Waals surface area contributed by atoms with Gasteiger partial charge in [0, 0.05) is 17.5 Å². The SMILES string of the molecule is CSc1ccc([N+](=O)[O-])c(C(=O)NCc2ccc3ccccc3c2)c1. The van der Waals surface area contributed by atoms with Crippen molar-refractivity contribution in [1.29, 1.82) is 0 Å². The lowest BCUT2D eigenvalue weighted by Gasteiger charge is -2.08. The zero-order chi connectivity index (χ0) is 17.8. The van der Waals surface area contributed by atoms with Gasteiger partial charge in [-0.2, -0.15) is 0 Å². The summed E-state index contributed by atoms with van der Waals surface area (Å²) in [5.41, 5.74) is 0.835. The molecule has 1 amide bonds. The summed E-state index contributed by atoms with van der Waals surface area (Å²) >= 11 is 1.43. The lowest BCUT2D eigenvalue weighted by Crippen LogP contribution is -2.23. The molecule has 0 atom stereocenters. The maximum Gasteiger partial charge on any atom is 0.282 e. The van der Waals surface area contributed by atoms with Gasteiger partial charge in [-0.3, -0.25) is 14.9 Å². The zero-order valence-electron chi connectivity index (χ0n) is 13.6. The van der Waals surface area contributed by atoms with Crippen molar-refractivity contribution < 1.29 is 9.72 Å². The molecule has 6 heteroatoms. The van der Waals surface area contributed by atoms with E-state index in [2.05, 4.69) is 5.32 Å². The van der Waals surface area contributed by atoms with Crippen LogP contribution in [0.25, 0.3) is 10.8 Å². The van der Waals surface area contributed by atoms with Crippen LogP contribution in [0.2, 0.25) is 0 Å². The van der Waals surface area contributed by atoms with Crippen molar-refractivity contribution in [2.45, 2.75) is 11.4 Å². The molecule has 0 heterocycles. The summed E-state index contributed by atoms with van der Waals surface area (Å²) in [6.07, 6.45) is 1.86. The van der Waals surface area contributed by atoms with E-state index in [1.807, 2.05) is 48.7 Å². The minimum Gasteiger partial charge on any atom is -0.348 e. The van der Waals surface area contributed by atoms with Gasteiger partial charge in [0.05, 0.1) is 4.92 Å². The lowest BCUT2D eigenvalue weighted by atomic mass is 10.1. The van der Waals surface area contributed by atoms with Crippen LogP contribution in [0.5, 0.6) is 0 Å². The van der Waals surface area contributed by atoms with E-state index in [4.69, 9.17) is 0 Å². The van der Waals surface area contributed by atoms with Crippen LogP contribution in [0, 0.1) is 10.1 Å². The maximum atomic E-state index is 12.5. The Labute approximate surface area is 149 Å². The van der Waals surface area contributed by atoms with Crippen molar-refractivity contribution in [1.82, 2.24) is 5.32 Å². The Morgan fingerprint density at radius 3 is 2.56 bits per heavy atom. The van der Waals surface area contributed by atoms with Crippen molar-refractivity contribution in [2.75, 3.05) is 6.26 Å². The van der Waals surface area contributed by atoms with Crippen molar-refractivity contribution >= 4 is 34.1 Å². The molecule has 0 aliphatic rings. The zero-order valence-corrected chi connectivity index (χ0v) is 14.4. The van der Waals surface area contributed by atoms with Crippen molar-refractivity contribution in [3.8, 4) is 0 Å². The molecule has 5 nitrogen and oxygen atoms in total. The molecule has 0 saturated carbocycles. The first-order valence-electron chi connectivity index (χ1n) is 7.67. The average molecular weight is 352 g/mol. The topological polar surface area (TPSA) is 72.2 Å². The van der Waals surface area contributed by atoms with E-state index >= 15 is 0 Å². The summed E-state index contributed by atoms with van der Waals surface area (Å²) in [5.74, 6) is -0.448. The third-order valence-corrected chi connectivity index (χ3v) is 4.64. The molecule has 0 unspecified atom stereocenters. The Bertz CT molecular complexity index is 956. The fourth-order valence-electron chi connectivity index (χ4n) is 2.61. The minimum atomic E-state index is -0.533. The molecule has 0 radical (unpaired) electrons. The summed E-state index contributed by atoms with van der Waals surface area (Å²) in [6, 6.07) is 18.5. The predicted molar refractivity (Wildman–Crippen MR) is 100.0 cm³/mol. The quantitative estimate of drug-likeness (QED) is 0.420. The van der Waals surface area contributed by atoms with E-state index in [1.165, 1.54) is 17.8 Å². The number of nitro benzene ring substituents is 1. The molecule has 0 aliphatic heterocycles. The molecule has 25 heavy (non-hydrogen) atoms. The number of nitrogens with one attached hydrogen (secondary N) is 1.